The second kappa shape index (κ2) is 6.72. The van der Waals surface area contributed by atoms with Crippen LogP contribution in [-0.2, 0) is 0 Å². The van der Waals surface area contributed by atoms with Crippen molar-refractivity contribution in [1.82, 2.24) is 19.7 Å². The lowest BCUT2D eigenvalue weighted by atomic mass is 10.2. The zero-order valence-corrected chi connectivity index (χ0v) is 14.2. The van der Waals surface area contributed by atoms with E-state index in [9.17, 15) is 9.18 Å². The minimum absolute atomic E-state index is 0.0540. The lowest BCUT2D eigenvalue weighted by Crippen LogP contribution is -2.47. The van der Waals surface area contributed by atoms with Crippen LogP contribution in [0.3, 0.4) is 0 Å². The van der Waals surface area contributed by atoms with Crippen molar-refractivity contribution in [3.63, 3.8) is 0 Å². The fourth-order valence-corrected chi connectivity index (χ4v) is 2.98. The van der Waals surface area contributed by atoms with Crippen molar-refractivity contribution in [2.45, 2.75) is 19.9 Å². The van der Waals surface area contributed by atoms with Gasteiger partial charge in [0, 0.05) is 26.2 Å². The normalized spacial score (nSPS) is 15.2. The van der Waals surface area contributed by atoms with E-state index in [0.29, 0.717) is 37.7 Å². The molecule has 1 saturated heterocycles. The molecule has 1 aliphatic rings. The molecule has 3 heterocycles. The maximum absolute atomic E-state index is 13.8. The van der Waals surface area contributed by atoms with E-state index in [2.05, 4.69) is 15.1 Å². The lowest BCUT2D eigenvalue weighted by Gasteiger charge is -2.36. The summed E-state index contributed by atoms with van der Waals surface area (Å²) in [6, 6.07) is -0.0540. The van der Waals surface area contributed by atoms with Crippen molar-refractivity contribution in [1.29, 1.82) is 0 Å². The molecule has 128 valence electrons. The van der Waals surface area contributed by atoms with Gasteiger partial charge in [0.15, 0.2) is 11.6 Å². The average Bonchev–Trinajstić information content (AvgIpc) is 2.58. The van der Waals surface area contributed by atoms with E-state index in [4.69, 9.17) is 11.6 Å². The Labute approximate surface area is 143 Å². The highest BCUT2D eigenvalue weighted by atomic mass is 35.5. The highest BCUT2D eigenvalue weighted by molar-refractivity contribution is 6.33. The average molecular weight is 353 g/mol. The monoisotopic (exact) mass is 352 g/mol. The Morgan fingerprint density at radius 3 is 2.46 bits per heavy atom. The number of hydrogen-bond donors (Lipinski definition) is 0. The Bertz CT molecular complexity index is 788. The van der Waals surface area contributed by atoms with Gasteiger partial charge in [0.1, 0.15) is 11.3 Å². The summed E-state index contributed by atoms with van der Waals surface area (Å²) in [5, 5.41) is 4.36. The number of anilines is 2. The molecule has 0 aliphatic carbocycles. The second-order valence-electron chi connectivity index (χ2n) is 5.86. The molecule has 3 rings (SSSR count). The number of rotatable bonds is 3. The topological polar surface area (TPSA) is 67.2 Å². The van der Waals surface area contributed by atoms with Crippen LogP contribution in [0.4, 0.5) is 15.9 Å². The first-order valence-electron chi connectivity index (χ1n) is 7.71. The summed E-state index contributed by atoms with van der Waals surface area (Å²) < 4.78 is 15.1. The summed E-state index contributed by atoms with van der Waals surface area (Å²) >= 11 is 6.25. The van der Waals surface area contributed by atoms with E-state index >= 15 is 0 Å². The summed E-state index contributed by atoms with van der Waals surface area (Å²) in [5.74, 6) is -0.144. The molecule has 0 saturated carbocycles. The van der Waals surface area contributed by atoms with Gasteiger partial charge in [-0.05, 0) is 13.8 Å². The Balaban J connectivity index is 1.77. The number of hydrogen-bond acceptors (Lipinski definition) is 6. The Kier molecular flexibility index (Phi) is 4.66. The zero-order valence-electron chi connectivity index (χ0n) is 13.5. The van der Waals surface area contributed by atoms with Crippen molar-refractivity contribution in [3.05, 3.63) is 39.9 Å². The molecule has 24 heavy (non-hydrogen) atoms. The highest BCUT2D eigenvalue weighted by Gasteiger charge is 2.23. The van der Waals surface area contributed by atoms with Crippen molar-refractivity contribution in [3.8, 4) is 0 Å². The Morgan fingerprint density at radius 1 is 1.17 bits per heavy atom. The molecule has 9 heteroatoms. The molecule has 0 radical (unpaired) electrons. The SMILES string of the molecule is CC(C)n1ncc(N2CCN(c3ncncc3F)CC2)c(Cl)c1=O. The van der Waals surface area contributed by atoms with Gasteiger partial charge in [-0.25, -0.2) is 19.0 Å². The van der Waals surface area contributed by atoms with Gasteiger partial charge >= 0.3 is 0 Å². The maximum atomic E-state index is 13.8. The van der Waals surface area contributed by atoms with Crippen LogP contribution in [0.5, 0.6) is 0 Å². The van der Waals surface area contributed by atoms with E-state index in [0.717, 1.165) is 6.20 Å². The molecule has 0 atom stereocenters. The number of aromatic nitrogens is 4. The first kappa shape index (κ1) is 16.6. The van der Waals surface area contributed by atoms with Crippen molar-refractivity contribution in [2.75, 3.05) is 36.0 Å². The third kappa shape index (κ3) is 3.06. The third-order valence-corrected chi connectivity index (χ3v) is 4.34. The standard InChI is InChI=1S/C15H18ClFN6O/c1-10(2)23-15(24)13(16)12(8-20-23)21-3-5-22(6-4-21)14-11(17)7-18-9-19-14/h7-10H,3-6H2,1-2H3. The van der Waals surface area contributed by atoms with Crippen LogP contribution in [0.2, 0.25) is 5.02 Å². The van der Waals surface area contributed by atoms with Gasteiger partial charge in [-0.15, -0.1) is 0 Å². The molecule has 1 aliphatic heterocycles. The Hall–Kier alpha value is -2.22. The van der Waals surface area contributed by atoms with Crippen LogP contribution in [0.1, 0.15) is 19.9 Å². The summed E-state index contributed by atoms with van der Waals surface area (Å²) in [6.07, 6.45) is 4.10. The molecule has 0 spiro atoms. The summed E-state index contributed by atoms with van der Waals surface area (Å²) in [7, 11) is 0. The van der Waals surface area contributed by atoms with Gasteiger partial charge in [-0.1, -0.05) is 11.6 Å². The highest BCUT2D eigenvalue weighted by Crippen LogP contribution is 2.24. The fraction of sp³-hybridized carbons (Fsp3) is 0.467. The molecular formula is C15H18ClFN6O. The maximum Gasteiger partial charge on any atom is 0.287 e. The van der Waals surface area contributed by atoms with Crippen LogP contribution >= 0.6 is 11.6 Å². The molecule has 0 N–H and O–H groups in total. The smallest absolute Gasteiger partial charge is 0.287 e. The van der Waals surface area contributed by atoms with Gasteiger partial charge in [-0.3, -0.25) is 4.79 Å². The van der Waals surface area contributed by atoms with E-state index in [1.54, 1.807) is 6.20 Å². The second-order valence-corrected chi connectivity index (χ2v) is 6.23. The first-order valence-corrected chi connectivity index (χ1v) is 8.09. The molecule has 0 amide bonds. The van der Waals surface area contributed by atoms with Crippen molar-refractivity contribution >= 4 is 23.1 Å². The quantitative estimate of drug-likeness (QED) is 0.838. The van der Waals surface area contributed by atoms with Crippen LogP contribution in [-0.4, -0.2) is 45.9 Å². The van der Waals surface area contributed by atoms with Crippen molar-refractivity contribution < 1.29 is 4.39 Å². The number of halogens is 2. The van der Waals surface area contributed by atoms with Gasteiger partial charge in [0.05, 0.1) is 24.1 Å². The third-order valence-electron chi connectivity index (χ3n) is 3.98. The minimum Gasteiger partial charge on any atom is -0.365 e. The van der Waals surface area contributed by atoms with E-state index in [-0.39, 0.29) is 16.6 Å². The molecule has 0 bridgehead atoms. The number of piperazine rings is 1. The predicted octanol–water partition coefficient (Wildman–Crippen LogP) is 1.73. The van der Waals surface area contributed by atoms with Crippen LogP contribution < -0.4 is 15.4 Å². The summed E-state index contributed by atoms with van der Waals surface area (Å²) in [6.45, 7) is 6.07. The van der Waals surface area contributed by atoms with E-state index in [1.165, 1.54) is 11.0 Å². The lowest BCUT2D eigenvalue weighted by molar-refractivity contribution is 0.501. The van der Waals surface area contributed by atoms with E-state index in [1.807, 2.05) is 23.6 Å². The fourth-order valence-electron chi connectivity index (χ4n) is 2.72. The van der Waals surface area contributed by atoms with Crippen LogP contribution in [0, 0.1) is 5.82 Å². The summed E-state index contributed by atoms with van der Waals surface area (Å²) in [4.78, 5) is 23.8. The van der Waals surface area contributed by atoms with Gasteiger partial charge < -0.3 is 9.80 Å². The molecule has 2 aromatic heterocycles. The van der Waals surface area contributed by atoms with Crippen LogP contribution in [0.15, 0.2) is 23.5 Å². The molecule has 0 aromatic carbocycles. The first-order chi connectivity index (χ1) is 11.5. The molecule has 7 nitrogen and oxygen atoms in total. The van der Waals surface area contributed by atoms with Gasteiger partial charge in [0.2, 0.25) is 0 Å². The molecule has 1 fully saturated rings. The predicted molar refractivity (Wildman–Crippen MR) is 90.3 cm³/mol. The van der Waals surface area contributed by atoms with Crippen LogP contribution in [0.25, 0.3) is 0 Å². The van der Waals surface area contributed by atoms with Gasteiger partial charge in [0.25, 0.3) is 5.56 Å². The summed E-state index contributed by atoms with van der Waals surface area (Å²) in [5.41, 5.74) is 0.315. The largest absolute Gasteiger partial charge is 0.365 e. The zero-order chi connectivity index (χ0) is 17.3. The van der Waals surface area contributed by atoms with E-state index < -0.39 is 5.82 Å². The molecular weight excluding hydrogens is 335 g/mol. The van der Waals surface area contributed by atoms with Gasteiger partial charge in [-0.2, -0.15) is 5.10 Å². The Morgan fingerprint density at radius 2 is 1.83 bits per heavy atom. The molecule has 0 unspecified atom stereocenters. The number of nitrogens with zero attached hydrogens (tertiary/aromatic N) is 6. The molecule has 2 aromatic rings. The van der Waals surface area contributed by atoms with Crippen molar-refractivity contribution in [2.24, 2.45) is 0 Å². The minimum atomic E-state index is -0.440.